The average molecular weight is 427 g/mol. The lowest BCUT2D eigenvalue weighted by Crippen LogP contribution is -2.28. The number of benzene rings is 2. The van der Waals surface area contributed by atoms with Gasteiger partial charge in [-0.15, -0.1) is 0 Å². The van der Waals surface area contributed by atoms with Crippen LogP contribution >= 0.6 is 11.6 Å². The molecule has 8 heteroatoms. The average Bonchev–Trinajstić information content (AvgIpc) is 2.75. The van der Waals surface area contributed by atoms with Crippen molar-refractivity contribution in [3.63, 3.8) is 0 Å². The Kier molecular flexibility index (Phi) is 7.24. The first-order valence-corrected chi connectivity index (χ1v) is 9.71. The number of nitrogens with one attached hydrogen (secondary N) is 3. The highest BCUT2D eigenvalue weighted by Crippen LogP contribution is 2.23. The molecule has 7 nitrogen and oxygen atoms in total. The Morgan fingerprint density at radius 3 is 2.60 bits per heavy atom. The Balaban J connectivity index is 1.53. The van der Waals surface area contributed by atoms with E-state index in [-0.39, 0.29) is 6.03 Å². The van der Waals surface area contributed by atoms with E-state index in [1.807, 2.05) is 37.3 Å². The zero-order chi connectivity index (χ0) is 21.5. The summed E-state index contributed by atoms with van der Waals surface area (Å²) in [4.78, 5) is 16.2. The second-order valence-corrected chi connectivity index (χ2v) is 7.03. The molecule has 30 heavy (non-hydrogen) atoms. The van der Waals surface area contributed by atoms with Gasteiger partial charge in [0.1, 0.15) is 17.7 Å². The smallest absolute Gasteiger partial charge is 0.319 e. The number of rotatable bonds is 7. The van der Waals surface area contributed by atoms with Crippen LogP contribution in [0.1, 0.15) is 23.0 Å². The number of carbonyl (C=O) groups excluding carboxylic acids is 1. The van der Waals surface area contributed by atoms with Crippen molar-refractivity contribution in [1.82, 2.24) is 15.6 Å². The van der Waals surface area contributed by atoms with Crippen LogP contribution in [0.5, 0.6) is 11.5 Å². The fourth-order valence-electron chi connectivity index (χ4n) is 2.68. The van der Waals surface area contributed by atoms with Crippen LogP contribution in [0.2, 0.25) is 5.02 Å². The van der Waals surface area contributed by atoms with Gasteiger partial charge in [-0.25, -0.2) is 4.79 Å². The standard InChI is InChI=1S/C22H23ClN4O3/c1-14-11-16(5-8-19(14)23)27-22(29)26-13-15-3-6-17(7-4-15)30-18-9-10-25-20(12-18)21(28)24-2/h3-12,21,24,28H,13H2,1-2H3,(H2,26,27,29). The number of amides is 2. The van der Waals surface area contributed by atoms with Gasteiger partial charge >= 0.3 is 6.03 Å². The molecule has 3 rings (SSSR count). The lowest BCUT2D eigenvalue weighted by Gasteiger charge is -2.11. The van der Waals surface area contributed by atoms with E-state index in [0.29, 0.717) is 34.4 Å². The number of aliphatic hydroxyl groups is 1. The number of halogens is 1. The fraction of sp³-hybridized carbons (Fsp3) is 0.182. The summed E-state index contributed by atoms with van der Waals surface area (Å²) < 4.78 is 5.80. The van der Waals surface area contributed by atoms with Gasteiger partial charge in [-0.3, -0.25) is 10.3 Å². The zero-order valence-corrected chi connectivity index (χ0v) is 17.4. The molecule has 0 aliphatic heterocycles. The molecule has 1 aromatic heterocycles. The van der Waals surface area contributed by atoms with E-state index in [1.165, 1.54) is 0 Å². The minimum absolute atomic E-state index is 0.301. The van der Waals surface area contributed by atoms with Crippen LogP contribution in [0.25, 0.3) is 0 Å². The number of ether oxygens (including phenoxy) is 1. The van der Waals surface area contributed by atoms with Gasteiger partial charge in [0.15, 0.2) is 0 Å². The summed E-state index contributed by atoms with van der Waals surface area (Å²) in [5.41, 5.74) is 2.97. The number of hydrogen-bond acceptors (Lipinski definition) is 5. The number of urea groups is 1. The Bertz CT molecular complexity index is 1010. The number of aliphatic hydroxyl groups excluding tert-OH is 1. The molecule has 0 aliphatic carbocycles. The third-order valence-electron chi connectivity index (χ3n) is 4.33. The van der Waals surface area contributed by atoms with E-state index in [9.17, 15) is 9.90 Å². The molecular formula is C22H23ClN4O3. The number of carbonyl (C=O) groups is 1. The summed E-state index contributed by atoms with van der Waals surface area (Å²) in [7, 11) is 1.64. The van der Waals surface area contributed by atoms with E-state index >= 15 is 0 Å². The molecule has 0 radical (unpaired) electrons. The number of pyridine rings is 1. The Morgan fingerprint density at radius 2 is 1.90 bits per heavy atom. The molecule has 0 aliphatic rings. The molecule has 156 valence electrons. The molecule has 3 aromatic rings. The number of aromatic nitrogens is 1. The van der Waals surface area contributed by atoms with E-state index in [2.05, 4.69) is 20.9 Å². The van der Waals surface area contributed by atoms with Crippen LogP contribution in [-0.4, -0.2) is 23.2 Å². The van der Waals surface area contributed by atoms with Gasteiger partial charge < -0.3 is 20.5 Å². The Labute approximate surface area is 180 Å². The van der Waals surface area contributed by atoms with Crippen molar-refractivity contribution in [2.75, 3.05) is 12.4 Å². The highest BCUT2D eigenvalue weighted by Gasteiger charge is 2.08. The number of aryl methyl sites for hydroxylation is 1. The van der Waals surface area contributed by atoms with Gasteiger partial charge in [-0.1, -0.05) is 23.7 Å². The first-order chi connectivity index (χ1) is 14.4. The molecule has 1 atom stereocenters. The van der Waals surface area contributed by atoms with E-state index in [0.717, 1.165) is 11.1 Å². The van der Waals surface area contributed by atoms with Crippen molar-refractivity contribution in [2.45, 2.75) is 19.7 Å². The third-order valence-corrected chi connectivity index (χ3v) is 4.76. The molecule has 2 aromatic carbocycles. The Morgan fingerprint density at radius 1 is 1.13 bits per heavy atom. The molecule has 0 spiro atoms. The molecule has 0 saturated carbocycles. The SMILES string of the molecule is CNC(O)c1cc(Oc2ccc(CNC(=O)Nc3ccc(Cl)c(C)c3)cc2)ccn1. The van der Waals surface area contributed by atoms with Crippen molar-refractivity contribution >= 4 is 23.3 Å². The van der Waals surface area contributed by atoms with Gasteiger partial charge in [-0.2, -0.15) is 0 Å². The van der Waals surface area contributed by atoms with Crippen LogP contribution < -0.4 is 20.7 Å². The zero-order valence-electron chi connectivity index (χ0n) is 16.6. The lowest BCUT2D eigenvalue weighted by molar-refractivity contribution is 0.144. The molecular weight excluding hydrogens is 404 g/mol. The highest BCUT2D eigenvalue weighted by atomic mass is 35.5. The van der Waals surface area contributed by atoms with Crippen LogP contribution in [0.4, 0.5) is 10.5 Å². The summed E-state index contributed by atoms with van der Waals surface area (Å²) in [6, 6.07) is 15.7. The van der Waals surface area contributed by atoms with Gasteiger partial charge in [0.25, 0.3) is 0 Å². The van der Waals surface area contributed by atoms with Crippen molar-refractivity contribution in [3.8, 4) is 11.5 Å². The molecule has 2 amide bonds. The van der Waals surface area contributed by atoms with E-state index in [4.69, 9.17) is 16.3 Å². The van der Waals surface area contributed by atoms with Crippen LogP contribution in [0, 0.1) is 6.92 Å². The maximum absolute atomic E-state index is 12.1. The second kappa shape index (κ2) is 10.1. The highest BCUT2D eigenvalue weighted by molar-refractivity contribution is 6.31. The van der Waals surface area contributed by atoms with Gasteiger partial charge in [-0.05, 0) is 61.5 Å². The number of nitrogens with zero attached hydrogens (tertiary/aromatic N) is 1. The summed E-state index contributed by atoms with van der Waals surface area (Å²) in [6.07, 6.45) is 0.717. The van der Waals surface area contributed by atoms with Crippen LogP contribution in [-0.2, 0) is 6.54 Å². The maximum atomic E-state index is 12.1. The normalized spacial score (nSPS) is 11.6. The van der Waals surface area contributed by atoms with Gasteiger partial charge in [0, 0.05) is 29.5 Å². The van der Waals surface area contributed by atoms with Crippen LogP contribution in [0.3, 0.4) is 0 Å². The minimum atomic E-state index is -0.857. The largest absolute Gasteiger partial charge is 0.457 e. The summed E-state index contributed by atoms with van der Waals surface area (Å²) in [6.45, 7) is 2.25. The number of hydrogen-bond donors (Lipinski definition) is 4. The van der Waals surface area contributed by atoms with E-state index in [1.54, 1.807) is 37.5 Å². The van der Waals surface area contributed by atoms with Crippen molar-refractivity contribution in [2.24, 2.45) is 0 Å². The van der Waals surface area contributed by atoms with Crippen molar-refractivity contribution in [1.29, 1.82) is 0 Å². The quantitative estimate of drug-likeness (QED) is 0.421. The molecule has 1 heterocycles. The minimum Gasteiger partial charge on any atom is -0.457 e. The van der Waals surface area contributed by atoms with Crippen molar-refractivity contribution in [3.05, 3.63) is 82.6 Å². The Hall–Kier alpha value is -3.13. The first-order valence-electron chi connectivity index (χ1n) is 9.33. The monoisotopic (exact) mass is 426 g/mol. The van der Waals surface area contributed by atoms with E-state index < -0.39 is 6.23 Å². The molecule has 0 bridgehead atoms. The second-order valence-electron chi connectivity index (χ2n) is 6.63. The predicted molar refractivity (Wildman–Crippen MR) is 117 cm³/mol. The number of anilines is 1. The third kappa shape index (κ3) is 5.93. The van der Waals surface area contributed by atoms with Crippen LogP contribution in [0.15, 0.2) is 60.8 Å². The lowest BCUT2D eigenvalue weighted by atomic mass is 10.2. The van der Waals surface area contributed by atoms with Gasteiger partial charge in [0.05, 0.1) is 5.69 Å². The summed E-state index contributed by atoms with van der Waals surface area (Å²) in [5, 5.41) is 18.8. The molecule has 1 unspecified atom stereocenters. The summed E-state index contributed by atoms with van der Waals surface area (Å²) >= 11 is 5.99. The molecule has 0 fully saturated rings. The topological polar surface area (TPSA) is 95.5 Å². The first kappa shape index (κ1) is 21.6. The predicted octanol–water partition coefficient (Wildman–Crippen LogP) is 4.37. The molecule has 4 N–H and O–H groups in total. The van der Waals surface area contributed by atoms with Crippen molar-refractivity contribution < 1.29 is 14.6 Å². The molecule has 0 saturated heterocycles. The van der Waals surface area contributed by atoms with Gasteiger partial charge in [0.2, 0.25) is 0 Å². The fourth-order valence-corrected chi connectivity index (χ4v) is 2.80. The summed E-state index contributed by atoms with van der Waals surface area (Å²) in [5.74, 6) is 1.20. The maximum Gasteiger partial charge on any atom is 0.319 e.